The van der Waals surface area contributed by atoms with E-state index in [0.717, 1.165) is 11.1 Å². The summed E-state index contributed by atoms with van der Waals surface area (Å²) in [6.45, 7) is 5.51. The Bertz CT molecular complexity index is 655. The number of hydrogen-bond acceptors (Lipinski definition) is 5. The Kier molecular flexibility index (Phi) is 5.46. The number of rotatable bonds is 7. The molecule has 0 aliphatic carbocycles. The molecule has 0 saturated carbocycles. The van der Waals surface area contributed by atoms with E-state index in [1.165, 1.54) is 6.26 Å². The van der Waals surface area contributed by atoms with Crippen LogP contribution in [-0.2, 0) is 20.4 Å². The van der Waals surface area contributed by atoms with Gasteiger partial charge in [0.1, 0.15) is 11.8 Å². The van der Waals surface area contributed by atoms with Gasteiger partial charge in [0.2, 0.25) is 10.0 Å². The maximum absolute atomic E-state index is 11.8. The van der Waals surface area contributed by atoms with Crippen LogP contribution in [0.2, 0.25) is 0 Å². The Labute approximate surface area is 137 Å². The molecule has 128 valence electrons. The highest BCUT2D eigenvalue weighted by Gasteiger charge is 2.32. The zero-order valence-electron chi connectivity index (χ0n) is 13.6. The summed E-state index contributed by atoms with van der Waals surface area (Å²) in [6.07, 6.45) is 3.27. The van der Waals surface area contributed by atoms with E-state index >= 15 is 0 Å². The van der Waals surface area contributed by atoms with Crippen LogP contribution in [-0.4, -0.2) is 31.9 Å². The maximum atomic E-state index is 11.8. The molecule has 0 aromatic heterocycles. The van der Waals surface area contributed by atoms with Gasteiger partial charge < -0.3 is 9.94 Å². The minimum absolute atomic E-state index is 0.0472. The Morgan fingerprint density at radius 1 is 1.26 bits per heavy atom. The summed E-state index contributed by atoms with van der Waals surface area (Å²) < 4.78 is 26.2. The summed E-state index contributed by atoms with van der Waals surface area (Å²) in [5.41, 5.74) is 3.97. The minimum atomic E-state index is -3.25. The second-order valence-electron chi connectivity index (χ2n) is 6.12. The van der Waals surface area contributed by atoms with E-state index in [-0.39, 0.29) is 12.5 Å². The van der Waals surface area contributed by atoms with Crippen molar-refractivity contribution in [3.8, 4) is 0 Å². The van der Waals surface area contributed by atoms with Crippen LogP contribution in [0, 0.1) is 0 Å². The van der Waals surface area contributed by atoms with Crippen molar-refractivity contribution in [2.45, 2.75) is 37.5 Å². The van der Waals surface area contributed by atoms with Gasteiger partial charge in [-0.15, -0.1) is 5.48 Å². The van der Waals surface area contributed by atoms with Crippen LogP contribution in [0.3, 0.4) is 0 Å². The van der Waals surface area contributed by atoms with Gasteiger partial charge in [-0.05, 0) is 37.0 Å². The first kappa shape index (κ1) is 17.9. The molecule has 3 N–H and O–H groups in total. The van der Waals surface area contributed by atoms with Gasteiger partial charge in [0.25, 0.3) is 0 Å². The fourth-order valence-corrected chi connectivity index (χ4v) is 3.11. The third kappa shape index (κ3) is 3.92. The zero-order chi connectivity index (χ0) is 17.1. The van der Waals surface area contributed by atoms with Gasteiger partial charge in [0.15, 0.2) is 0 Å². The Balaban J connectivity index is 2.06. The van der Waals surface area contributed by atoms with E-state index < -0.39 is 20.8 Å². The summed E-state index contributed by atoms with van der Waals surface area (Å²) in [5, 5.41) is 9.16. The Morgan fingerprint density at radius 3 is 2.39 bits per heavy atom. The molecular formula is C16H24N2O4S. The summed E-state index contributed by atoms with van der Waals surface area (Å²) in [4.78, 5) is 5.01. The molecule has 0 saturated heterocycles. The second-order valence-corrected chi connectivity index (χ2v) is 8.44. The number of sulfonamides is 1. The molecule has 1 aromatic rings. The number of nitrogens with one attached hydrogen (secondary N) is 2. The van der Waals surface area contributed by atoms with Crippen LogP contribution in [0.15, 0.2) is 36.6 Å². The smallest absolute Gasteiger partial charge is 0.213 e. The van der Waals surface area contributed by atoms with Crippen molar-refractivity contribution in [3.63, 3.8) is 0 Å². The first-order chi connectivity index (χ1) is 10.8. The molecular weight excluding hydrogens is 316 g/mol. The molecule has 1 aromatic carbocycles. The predicted octanol–water partition coefficient (Wildman–Crippen LogP) is 1.35. The van der Waals surface area contributed by atoms with Crippen LogP contribution in [0.5, 0.6) is 0 Å². The first-order valence-corrected chi connectivity index (χ1v) is 9.15. The first-order valence-electron chi connectivity index (χ1n) is 7.61. The van der Waals surface area contributed by atoms with E-state index in [4.69, 9.17) is 4.84 Å². The lowest BCUT2D eigenvalue weighted by molar-refractivity contribution is 0.0618. The monoisotopic (exact) mass is 340 g/mol. The molecule has 0 fully saturated rings. The molecule has 6 nitrogen and oxygen atoms in total. The van der Waals surface area contributed by atoms with E-state index in [1.807, 2.05) is 31.2 Å². The average Bonchev–Trinajstić information content (AvgIpc) is 3.03. The number of aliphatic hydroxyl groups is 1. The van der Waals surface area contributed by atoms with Crippen molar-refractivity contribution in [2.75, 3.05) is 13.2 Å². The molecule has 1 aliphatic heterocycles. The Hall–Kier alpha value is -1.41. The van der Waals surface area contributed by atoms with Gasteiger partial charge in [-0.2, -0.15) is 0 Å². The third-order valence-corrected chi connectivity index (χ3v) is 5.93. The van der Waals surface area contributed by atoms with Crippen LogP contribution >= 0.6 is 0 Å². The van der Waals surface area contributed by atoms with Crippen molar-refractivity contribution in [1.82, 2.24) is 10.2 Å². The summed E-state index contributed by atoms with van der Waals surface area (Å²) >= 11 is 0. The highest BCUT2D eigenvalue weighted by Crippen LogP contribution is 2.27. The molecule has 23 heavy (non-hydrogen) atoms. The quantitative estimate of drug-likeness (QED) is 0.697. The predicted molar refractivity (Wildman–Crippen MR) is 89.0 cm³/mol. The number of hydroxylamine groups is 1. The van der Waals surface area contributed by atoms with Crippen molar-refractivity contribution >= 4 is 10.0 Å². The zero-order valence-corrected chi connectivity index (χ0v) is 14.4. The number of aliphatic hydroxyl groups excluding tert-OH is 1. The van der Waals surface area contributed by atoms with Crippen molar-refractivity contribution in [2.24, 2.45) is 0 Å². The normalized spacial score (nSPS) is 22.3. The topological polar surface area (TPSA) is 87.7 Å². The van der Waals surface area contributed by atoms with Crippen molar-refractivity contribution in [3.05, 3.63) is 47.7 Å². The summed E-state index contributed by atoms with van der Waals surface area (Å²) in [7, 11) is -3.25. The van der Waals surface area contributed by atoms with Crippen LogP contribution in [0.1, 0.15) is 37.8 Å². The van der Waals surface area contributed by atoms with Gasteiger partial charge in [-0.1, -0.05) is 31.2 Å². The van der Waals surface area contributed by atoms with Gasteiger partial charge in [0.05, 0.1) is 11.9 Å². The van der Waals surface area contributed by atoms with Crippen molar-refractivity contribution in [1.29, 1.82) is 0 Å². The molecule has 0 amide bonds. The Morgan fingerprint density at radius 2 is 1.91 bits per heavy atom. The lowest BCUT2D eigenvalue weighted by Crippen LogP contribution is -2.39. The molecule has 2 rings (SSSR count). The molecule has 0 radical (unpaired) electrons. The molecule has 7 heteroatoms. The second kappa shape index (κ2) is 7.00. The molecule has 0 bridgehead atoms. The number of hydrogen-bond donors (Lipinski definition) is 3. The molecule has 2 unspecified atom stereocenters. The van der Waals surface area contributed by atoms with Gasteiger partial charge >= 0.3 is 0 Å². The maximum Gasteiger partial charge on any atom is 0.213 e. The number of benzene rings is 1. The molecule has 0 spiro atoms. The van der Waals surface area contributed by atoms with Crippen LogP contribution in [0.4, 0.5) is 0 Å². The lowest BCUT2D eigenvalue weighted by atomic mass is 9.90. The summed E-state index contributed by atoms with van der Waals surface area (Å²) in [5.74, 6) is 0.0472. The van der Waals surface area contributed by atoms with Crippen molar-refractivity contribution < 1.29 is 18.4 Å². The standard InChI is InChI=1S/C16H24N2O4S/c1-12(2)23(20,21)17-10-13(3)14-4-6-15(7-5-14)16(11-19)8-9-22-18-16/h4-9,12-13,17-19H,10-11H2,1-3H3. The van der Waals surface area contributed by atoms with Gasteiger partial charge in [-0.25, -0.2) is 13.1 Å². The van der Waals surface area contributed by atoms with Crippen LogP contribution in [0.25, 0.3) is 0 Å². The SMILES string of the molecule is CC(CNS(=O)(=O)C(C)C)c1ccc(C2(CO)C=CON2)cc1. The minimum Gasteiger partial charge on any atom is -0.416 e. The van der Waals surface area contributed by atoms with E-state index in [1.54, 1.807) is 19.9 Å². The largest absolute Gasteiger partial charge is 0.416 e. The fourth-order valence-electron chi connectivity index (χ4n) is 2.29. The van der Waals surface area contributed by atoms with Crippen LogP contribution < -0.4 is 10.2 Å². The van der Waals surface area contributed by atoms with E-state index in [0.29, 0.717) is 6.54 Å². The van der Waals surface area contributed by atoms with Gasteiger partial charge in [-0.3, -0.25) is 0 Å². The van der Waals surface area contributed by atoms with Gasteiger partial charge in [0, 0.05) is 6.54 Å². The lowest BCUT2D eigenvalue weighted by Gasteiger charge is -2.24. The molecule has 2 atom stereocenters. The highest BCUT2D eigenvalue weighted by atomic mass is 32.2. The average molecular weight is 340 g/mol. The third-order valence-electron chi connectivity index (χ3n) is 4.12. The van der Waals surface area contributed by atoms with E-state index in [9.17, 15) is 13.5 Å². The molecule has 1 aliphatic rings. The van der Waals surface area contributed by atoms with E-state index in [2.05, 4.69) is 10.2 Å². The summed E-state index contributed by atoms with van der Waals surface area (Å²) in [6, 6.07) is 7.69. The fraction of sp³-hybridized carbons (Fsp3) is 0.500. The molecule has 1 heterocycles. The highest BCUT2D eigenvalue weighted by molar-refractivity contribution is 7.90.